The van der Waals surface area contributed by atoms with Gasteiger partial charge in [-0.05, 0) is 67.1 Å². The number of aromatic nitrogens is 3. The maximum absolute atomic E-state index is 13.4. The highest BCUT2D eigenvalue weighted by Gasteiger charge is 2.25. The highest BCUT2D eigenvalue weighted by molar-refractivity contribution is 5.97. The molecular weight excluding hydrogens is 459 g/mol. The Bertz CT molecular complexity index is 1380. The van der Waals surface area contributed by atoms with Crippen LogP contribution in [0.1, 0.15) is 28.8 Å². The number of primary amides is 1. The Morgan fingerprint density at radius 1 is 1.08 bits per heavy atom. The van der Waals surface area contributed by atoms with Gasteiger partial charge in [-0.3, -0.25) is 9.59 Å². The maximum atomic E-state index is 13.4. The first kappa shape index (κ1) is 23.5. The molecule has 1 aliphatic rings. The van der Waals surface area contributed by atoms with Crippen molar-refractivity contribution < 1.29 is 14.0 Å². The van der Waals surface area contributed by atoms with Gasteiger partial charge in [0.25, 0.3) is 5.91 Å². The number of amides is 2. The van der Waals surface area contributed by atoms with Crippen LogP contribution in [0.2, 0.25) is 0 Å². The quantitative estimate of drug-likeness (QED) is 0.413. The Morgan fingerprint density at radius 2 is 1.86 bits per heavy atom. The lowest BCUT2D eigenvalue weighted by molar-refractivity contribution is -0.116. The summed E-state index contributed by atoms with van der Waals surface area (Å²) in [5.74, 6) is 0.195. The van der Waals surface area contributed by atoms with Gasteiger partial charge in [0.15, 0.2) is 0 Å². The van der Waals surface area contributed by atoms with Crippen LogP contribution in [0.25, 0.3) is 11.0 Å². The Kier molecular flexibility index (Phi) is 6.62. The van der Waals surface area contributed by atoms with E-state index in [1.54, 1.807) is 29.3 Å². The molecule has 2 aromatic carbocycles. The van der Waals surface area contributed by atoms with Crippen LogP contribution in [0.5, 0.6) is 0 Å². The molecule has 3 heterocycles. The van der Waals surface area contributed by atoms with Crippen molar-refractivity contribution in [1.82, 2.24) is 19.9 Å². The lowest BCUT2D eigenvalue weighted by Crippen LogP contribution is -2.39. The van der Waals surface area contributed by atoms with Gasteiger partial charge in [-0.2, -0.15) is 0 Å². The molecule has 4 aromatic rings. The van der Waals surface area contributed by atoms with Crippen molar-refractivity contribution in [3.63, 3.8) is 0 Å². The molecule has 0 unspecified atom stereocenters. The summed E-state index contributed by atoms with van der Waals surface area (Å²) >= 11 is 0. The van der Waals surface area contributed by atoms with Crippen LogP contribution in [-0.2, 0) is 11.2 Å². The highest BCUT2D eigenvalue weighted by atomic mass is 19.1. The van der Waals surface area contributed by atoms with Crippen molar-refractivity contribution in [3.8, 4) is 0 Å². The third kappa shape index (κ3) is 5.05. The molecule has 0 radical (unpaired) electrons. The fourth-order valence-corrected chi connectivity index (χ4v) is 4.80. The van der Waals surface area contributed by atoms with Crippen molar-refractivity contribution in [1.29, 1.82) is 0 Å². The second-order valence-corrected chi connectivity index (χ2v) is 9.11. The van der Waals surface area contributed by atoms with E-state index < -0.39 is 5.91 Å². The fourth-order valence-electron chi connectivity index (χ4n) is 4.80. The molecule has 36 heavy (non-hydrogen) atoms. The number of carbonyl (C=O) groups excluding carboxylic acids is 2. The largest absolute Gasteiger partial charge is 0.368 e. The monoisotopic (exact) mass is 486 g/mol. The minimum absolute atomic E-state index is 0.0504. The molecule has 0 atom stereocenters. The summed E-state index contributed by atoms with van der Waals surface area (Å²) in [6, 6.07) is 15.7. The average Bonchev–Trinajstić information content (AvgIpc) is 3.38. The number of nitrogens with zero attached hydrogens (tertiary/aromatic N) is 4. The molecule has 184 valence electrons. The second-order valence-electron chi connectivity index (χ2n) is 9.11. The molecule has 5 rings (SSSR count). The molecule has 3 N–H and O–H groups in total. The van der Waals surface area contributed by atoms with E-state index >= 15 is 0 Å². The molecule has 1 saturated heterocycles. The summed E-state index contributed by atoms with van der Waals surface area (Å²) in [6.07, 6.45) is 5.84. The summed E-state index contributed by atoms with van der Waals surface area (Å²) in [5, 5.41) is 0.749. The smallest absolute Gasteiger partial charge is 0.253 e. The molecule has 1 fully saturated rings. The summed E-state index contributed by atoms with van der Waals surface area (Å²) in [7, 11) is 0. The number of halogens is 1. The van der Waals surface area contributed by atoms with Crippen LogP contribution in [0, 0.1) is 11.7 Å². The number of anilines is 2. The molecule has 2 amide bonds. The first-order chi connectivity index (χ1) is 17.5. The topological polar surface area (TPSA) is 108 Å². The number of hydrogen-bond acceptors (Lipinski definition) is 5. The number of carbonyl (C=O) groups is 2. The van der Waals surface area contributed by atoms with Crippen molar-refractivity contribution >= 4 is 34.4 Å². The van der Waals surface area contributed by atoms with Gasteiger partial charge in [-0.25, -0.2) is 14.4 Å². The van der Waals surface area contributed by atoms with E-state index in [-0.39, 0.29) is 18.3 Å². The first-order valence-corrected chi connectivity index (χ1v) is 12.0. The zero-order chi connectivity index (χ0) is 25.1. The van der Waals surface area contributed by atoms with E-state index in [1.807, 2.05) is 29.2 Å². The Morgan fingerprint density at radius 3 is 2.61 bits per heavy atom. The number of nitrogens with one attached hydrogen (secondary N) is 1. The van der Waals surface area contributed by atoms with Gasteiger partial charge < -0.3 is 20.5 Å². The molecule has 8 nitrogen and oxygen atoms in total. The zero-order valence-corrected chi connectivity index (χ0v) is 19.7. The number of piperidine rings is 1. The van der Waals surface area contributed by atoms with E-state index in [2.05, 4.69) is 15.0 Å². The molecule has 9 heteroatoms. The minimum atomic E-state index is -0.516. The van der Waals surface area contributed by atoms with Crippen LogP contribution in [0.4, 0.5) is 15.9 Å². The zero-order valence-electron chi connectivity index (χ0n) is 19.7. The van der Waals surface area contributed by atoms with Crippen molar-refractivity contribution in [2.24, 2.45) is 11.7 Å². The van der Waals surface area contributed by atoms with Gasteiger partial charge in [0.1, 0.15) is 30.2 Å². The molecule has 0 saturated carbocycles. The van der Waals surface area contributed by atoms with E-state index in [9.17, 15) is 14.0 Å². The van der Waals surface area contributed by atoms with Crippen molar-refractivity contribution in [2.45, 2.75) is 19.3 Å². The van der Waals surface area contributed by atoms with Gasteiger partial charge in [0.05, 0.1) is 5.39 Å². The van der Waals surface area contributed by atoms with Crippen molar-refractivity contribution in [3.05, 3.63) is 84.1 Å². The molecule has 1 aliphatic heterocycles. The molecule has 2 aromatic heterocycles. The summed E-state index contributed by atoms with van der Waals surface area (Å²) in [4.78, 5) is 40.5. The van der Waals surface area contributed by atoms with E-state index in [1.165, 1.54) is 18.5 Å². The predicted octanol–water partition coefficient (Wildman–Crippen LogP) is 3.82. The lowest BCUT2D eigenvalue weighted by atomic mass is 9.90. The van der Waals surface area contributed by atoms with Gasteiger partial charge in [-0.1, -0.05) is 18.2 Å². The van der Waals surface area contributed by atoms with Crippen LogP contribution >= 0.6 is 0 Å². The third-order valence-electron chi connectivity index (χ3n) is 6.65. The first-order valence-electron chi connectivity index (χ1n) is 12.0. The Balaban J connectivity index is 1.32. The van der Waals surface area contributed by atoms with Gasteiger partial charge in [-0.15, -0.1) is 0 Å². The third-order valence-corrected chi connectivity index (χ3v) is 6.65. The average molecular weight is 487 g/mol. The van der Waals surface area contributed by atoms with Crippen molar-refractivity contribution in [2.75, 3.05) is 24.5 Å². The van der Waals surface area contributed by atoms with Crippen LogP contribution < -0.4 is 10.6 Å². The van der Waals surface area contributed by atoms with E-state index in [0.717, 1.165) is 30.2 Å². The van der Waals surface area contributed by atoms with Crippen LogP contribution in [-0.4, -0.2) is 51.3 Å². The van der Waals surface area contributed by atoms with E-state index in [0.29, 0.717) is 41.7 Å². The number of H-pyrrole nitrogens is 1. The number of hydrogen-bond donors (Lipinski definition) is 2. The highest BCUT2D eigenvalue weighted by Crippen LogP contribution is 2.30. The lowest BCUT2D eigenvalue weighted by Gasteiger charge is -2.32. The van der Waals surface area contributed by atoms with Gasteiger partial charge >= 0.3 is 0 Å². The number of fused-ring (bicyclic) bond motifs is 1. The maximum Gasteiger partial charge on any atom is 0.253 e. The van der Waals surface area contributed by atoms with Crippen LogP contribution in [0.3, 0.4) is 0 Å². The molecular formula is C27H27FN6O2. The SMILES string of the molecule is NC(=O)CN(c1cccc(C(=O)N2CCC(Cc3ccc(F)cc3)CC2)c1)c1ncnc2[nH]ccc12. The number of rotatable bonds is 7. The molecule has 0 spiro atoms. The number of aromatic amines is 1. The normalized spacial score (nSPS) is 14.2. The fraction of sp³-hybridized carbons (Fsp3) is 0.259. The number of benzene rings is 2. The second kappa shape index (κ2) is 10.2. The predicted molar refractivity (Wildman–Crippen MR) is 135 cm³/mol. The Labute approximate surface area is 208 Å². The molecule has 0 bridgehead atoms. The summed E-state index contributed by atoms with van der Waals surface area (Å²) < 4.78 is 13.2. The summed E-state index contributed by atoms with van der Waals surface area (Å²) in [6.45, 7) is 1.23. The van der Waals surface area contributed by atoms with Crippen LogP contribution in [0.15, 0.2) is 67.1 Å². The van der Waals surface area contributed by atoms with Gasteiger partial charge in [0.2, 0.25) is 5.91 Å². The molecule has 0 aliphatic carbocycles. The number of nitrogens with two attached hydrogens (primary N) is 1. The minimum Gasteiger partial charge on any atom is -0.368 e. The standard InChI is InChI=1S/C27H27FN6O2/c28-21-6-4-18(5-7-21)14-19-9-12-33(13-10-19)27(36)20-2-1-3-22(15-20)34(16-24(29)35)26-23-8-11-30-25(23)31-17-32-26/h1-8,11,15,17,19H,9-10,12-14,16H2,(H2,29,35)(H,30,31,32). The summed E-state index contributed by atoms with van der Waals surface area (Å²) in [5.41, 5.74) is 8.50. The van der Waals surface area contributed by atoms with E-state index in [4.69, 9.17) is 5.73 Å². The van der Waals surface area contributed by atoms with Gasteiger partial charge in [0, 0.05) is 30.5 Å². The Hall–Kier alpha value is -4.27. The number of likely N-dealkylation sites (tertiary alicyclic amines) is 1.